The summed E-state index contributed by atoms with van der Waals surface area (Å²) in [6.07, 6.45) is 0. The van der Waals surface area contributed by atoms with E-state index in [0.29, 0.717) is 17.0 Å². The molecule has 29 heavy (non-hydrogen) atoms. The van der Waals surface area contributed by atoms with Crippen molar-refractivity contribution in [1.82, 2.24) is 15.5 Å². The molecule has 0 aliphatic rings. The highest BCUT2D eigenvalue weighted by molar-refractivity contribution is 5.96. The van der Waals surface area contributed by atoms with Gasteiger partial charge in [-0.3, -0.25) is 4.79 Å². The summed E-state index contributed by atoms with van der Waals surface area (Å²) >= 11 is 0. The molecule has 0 fully saturated rings. The zero-order chi connectivity index (χ0) is 20.2. The fourth-order valence-corrected chi connectivity index (χ4v) is 3.03. The van der Waals surface area contributed by atoms with Gasteiger partial charge in [-0.25, -0.2) is 4.39 Å². The normalized spacial score (nSPS) is 11.8. The molecule has 0 radical (unpaired) electrons. The van der Waals surface area contributed by atoms with Gasteiger partial charge in [0.1, 0.15) is 11.9 Å². The third-order valence-electron chi connectivity index (χ3n) is 4.58. The average Bonchev–Trinajstić information content (AvgIpc) is 3.23. The van der Waals surface area contributed by atoms with Crippen LogP contribution < -0.4 is 5.32 Å². The first kappa shape index (κ1) is 18.6. The van der Waals surface area contributed by atoms with Crippen LogP contribution in [0.1, 0.15) is 33.4 Å². The number of carbonyl (C=O) groups is 1. The number of hydrogen-bond donors (Lipinski definition) is 1. The number of aryl methyl sites for hydroxylation is 1. The predicted molar refractivity (Wildman–Crippen MR) is 107 cm³/mol. The second-order valence-electron chi connectivity index (χ2n) is 6.58. The molecular weight excluding hydrogens is 369 g/mol. The van der Waals surface area contributed by atoms with Crippen molar-refractivity contribution in [2.24, 2.45) is 0 Å². The van der Waals surface area contributed by atoms with E-state index in [4.69, 9.17) is 4.42 Å². The van der Waals surface area contributed by atoms with Crippen molar-refractivity contribution in [3.63, 3.8) is 0 Å². The van der Waals surface area contributed by atoms with Gasteiger partial charge >= 0.3 is 0 Å². The molecule has 0 spiro atoms. The summed E-state index contributed by atoms with van der Waals surface area (Å²) in [5.74, 6) is -0.0830. The Bertz CT molecular complexity index is 1120. The molecule has 0 saturated carbocycles. The summed E-state index contributed by atoms with van der Waals surface area (Å²) < 4.78 is 19.3. The molecule has 6 heteroatoms. The fraction of sp³-hybridized carbons (Fsp3) is 0.0870. The minimum atomic E-state index is -0.715. The maximum atomic E-state index is 13.4. The number of rotatable bonds is 5. The van der Waals surface area contributed by atoms with Crippen LogP contribution in [0.5, 0.6) is 0 Å². The molecule has 0 aliphatic carbocycles. The number of halogens is 1. The number of carbonyl (C=O) groups excluding carboxylic acids is 1. The third-order valence-corrected chi connectivity index (χ3v) is 4.58. The SMILES string of the molecule is Cc1ccccc1C(=O)N[C@H](c1ccc(F)cc1)c1nnc(-c2ccccc2)o1. The highest BCUT2D eigenvalue weighted by atomic mass is 19.1. The zero-order valence-electron chi connectivity index (χ0n) is 15.7. The zero-order valence-corrected chi connectivity index (χ0v) is 15.7. The van der Waals surface area contributed by atoms with E-state index < -0.39 is 6.04 Å². The molecule has 1 atom stereocenters. The monoisotopic (exact) mass is 387 g/mol. The third kappa shape index (κ3) is 4.06. The Hall–Kier alpha value is -3.80. The van der Waals surface area contributed by atoms with Gasteiger partial charge in [0, 0.05) is 11.1 Å². The molecule has 0 saturated heterocycles. The minimum absolute atomic E-state index is 0.220. The number of amides is 1. The summed E-state index contributed by atoms with van der Waals surface area (Å²) in [6, 6.07) is 21.7. The van der Waals surface area contributed by atoms with Gasteiger partial charge in [0.15, 0.2) is 0 Å². The second-order valence-corrected chi connectivity index (χ2v) is 6.58. The van der Waals surface area contributed by atoms with Gasteiger partial charge in [0.05, 0.1) is 0 Å². The molecule has 0 bridgehead atoms. The van der Waals surface area contributed by atoms with Crippen LogP contribution >= 0.6 is 0 Å². The largest absolute Gasteiger partial charge is 0.418 e. The standard InChI is InChI=1S/C23H18FN3O2/c1-15-7-5-6-10-19(15)21(28)25-20(16-11-13-18(24)14-12-16)23-27-26-22(29-23)17-8-3-2-4-9-17/h2-14,20H,1H3,(H,25,28)/t20-/m1/s1. The maximum absolute atomic E-state index is 13.4. The van der Waals surface area contributed by atoms with Crippen LogP contribution in [0.3, 0.4) is 0 Å². The van der Waals surface area contributed by atoms with E-state index in [0.717, 1.165) is 11.1 Å². The van der Waals surface area contributed by atoms with Crippen molar-refractivity contribution < 1.29 is 13.6 Å². The highest BCUT2D eigenvalue weighted by Gasteiger charge is 2.24. The second kappa shape index (κ2) is 8.06. The van der Waals surface area contributed by atoms with Gasteiger partial charge < -0.3 is 9.73 Å². The molecule has 3 aromatic carbocycles. The summed E-state index contributed by atoms with van der Waals surface area (Å²) in [6.45, 7) is 1.86. The lowest BCUT2D eigenvalue weighted by atomic mass is 10.0. The van der Waals surface area contributed by atoms with Gasteiger partial charge in [-0.1, -0.05) is 48.5 Å². The van der Waals surface area contributed by atoms with Crippen molar-refractivity contribution in [2.45, 2.75) is 13.0 Å². The quantitative estimate of drug-likeness (QED) is 0.539. The molecule has 4 rings (SSSR count). The van der Waals surface area contributed by atoms with Crippen LogP contribution in [-0.4, -0.2) is 16.1 Å². The number of benzene rings is 3. The van der Waals surface area contributed by atoms with Crippen LogP contribution in [0.2, 0.25) is 0 Å². The van der Waals surface area contributed by atoms with Crippen LogP contribution in [0, 0.1) is 12.7 Å². The van der Waals surface area contributed by atoms with Gasteiger partial charge in [-0.15, -0.1) is 10.2 Å². The average molecular weight is 387 g/mol. The van der Waals surface area contributed by atoms with Crippen LogP contribution in [0.25, 0.3) is 11.5 Å². The molecule has 4 aromatic rings. The first-order valence-electron chi connectivity index (χ1n) is 9.12. The highest BCUT2D eigenvalue weighted by Crippen LogP contribution is 2.26. The number of nitrogens with zero attached hydrogens (tertiary/aromatic N) is 2. The van der Waals surface area contributed by atoms with Crippen molar-refractivity contribution in [3.8, 4) is 11.5 Å². The molecule has 1 N–H and O–H groups in total. The summed E-state index contributed by atoms with van der Waals surface area (Å²) in [5.41, 5.74) is 2.80. The van der Waals surface area contributed by atoms with E-state index in [1.165, 1.54) is 12.1 Å². The Balaban J connectivity index is 1.70. The molecule has 0 unspecified atom stereocenters. The number of aromatic nitrogens is 2. The van der Waals surface area contributed by atoms with Crippen molar-refractivity contribution >= 4 is 5.91 Å². The van der Waals surface area contributed by atoms with Crippen LogP contribution in [0.4, 0.5) is 4.39 Å². The Labute approximate surface area is 167 Å². The molecular formula is C23H18FN3O2. The molecule has 1 aromatic heterocycles. The number of hydrogen-bond acceptors (Lipinski definition) is 4. The van der Waals surface area contributed by atoms with E-state index in [-0.39, 0.29) is 17.6 Å². The Morgan fingerprint density at radius 3 is 2.34 bits per heavy atom. The van der Waals surface area contributed by atoms with Crippen molar-refractivity contribution in [1.29, 1.82) is 0 Å². The van der Waals surface area contributed by atoms with Crippen LogP contribution in [-0.2, 0) is 0 Å². The smallest absolute Gasteiger partial charge is 0.252 e. The van der Waals surface area contributed by atoms with Gasteiger partial charge in [0.2, 0.25) is 11.8 Å². The van der Waals surface area contributed by atoms with Crippen molar-refractivity contribution in [2.75, 3.05) is 0 Å². The molecule has 0 aliphatic heterocycles. The fourth-order valence-electron chi connectivity index (χ4n) is 3.03. The first-order valence-corrected chi connectivity index (χ1v) is 9.12. The minimum Gasteiger partial charge on any atom is -0.418 e. The van der Waals surface area contributed by atoms with Crippen LogP contribution in [0.15, 0.2) is 83.3 Å². The van der Waals surface area contributed by atoms with E-state index in [1.807, 2.05) is 49.4 Å². The molecule has 1 amide bonds. The van der Waals surface area contributed by atoms with E-state index in [2.05, 4.69) is 15.5 Å². The lowest BCUT2D eigenvalue weighted by Crippen LogP contribution is -2.30. The lowest BCUT2D eigenvalue weighted by Gasteiger charge is -2.16. The first-order chi connectivity index (χ1) is 14.1. The topological polar surface area (TPSA) is 68.0 Å². The van der Waals surface area contributed by atoms with E-state index in [1.54, 1.807) is 24.3 Å². The molecule has 5 nitrogen and oxygen atoms in total. The Kier molecular flexibility index (Phi) is 5.16. The summed E-state index contributed by atoms with van der Waals surface area (Å²) in [5, 5.41) is 11.2. The lowest BCUT2D eigenvalue weighted by molar-refractivity contribution is 0.0937. The molecule has 1 heterocycles. The summed E-state index contributed by atoms with van der Waals surface area (Å²) in [4.78, 5) is 12.9. The number of nitrogens with one attached hydrogen (secondary N) is 1. The van der Waals surface area contributed by atoms with E-state index >= 15 is 0 Å². The predicted octanol–water partition coefficient (Wildman–Crippen LogP) is 4.70. The Morgan fingerprint density at radius 1 is 0.931 bits per heavy atom. The van der Waals surface area contributed by atoms with Gasteiger partial charge in [0.25, 0.3) is 5.91 Å². The summed E-state index contributed by atoms with van der Waals surface area (Å²) in [7, 11) is 0. The van der Waals surface area contributed by atoms with Gasteiger partial charge in [-0.2, -0.15) is 0 Å². The van der Waals surface area contributed by atoms with Crippen molar-refractivity contribution in [3.05, 3.63) is 107 Å². The molecule has 144 valence electrons. The van der Waals surface area contributed by atoms with E-state index in [9.17, 15) is 9.18 Å². The Morgan fingerprint density at radius 2 is 1.62 bits per heavy atom. The van der Waals surface area contributed by atoms with Gasteiger partial charge in [-0.05, 0) is 48.4 Å². The maximum Gasteiger partial charge on any atom is 0.252 e.